The number of aromatic nitrogens is 5. The second kappa shape index (κ2) is 6.35. The molecule has 0 aliphatic carbocycles. The Morgan fingerprint density at radius 2 is 1.84 bits per heavy atom. The molecule has 6 heteroatoms. The molecule has 0 aliphatic heterocycles. The highest BCUT2D eigenvalue weighted by molar-refractivity contribution is 5.52. The zero-order valence-corrected chi connectivity index (χ0v) is 15.8. The molecule has 0 saturated carbocycles. The monoisotopic (exact) mass is 338 g/mol. The van der Waals surface area contributed by atoms with Crippen molar-refractivity contribution >= 4 is 5.69 Å². The third-order valence-electron chi connectivity index (χ3n) is 4.29. The molecule has 0 fully saturated rings. The first-order chi connectivity index (χ1) is 11.8. The highest BCUT2D eigenvalue weighted by Gasteiger charge is 2.18. The lowest BCUT2D eigenvalue weighted by Gasteiger charge is -2.21. The van der Waals surface area contributed by atoms with Gasteiger partial charge in [-0.1, -0.05) is 12.1 Å². The minimum atomic E-state index is -0.0918. The van der Waals surface area contributed by atoms with Crippen LogP contribution in [0.25, 0.3) is 5.69 Å². The topological polar surface area (TPSA) is 60.6 Å². The number of aryl methyl sites for hydroxylation is 2. The lowest BCUT2D eigenvalue weighted by Crippen LogP contribution is -2.26. The molecule has 25 heavy (non-hydrogen) atoms. The van der Waals surface area contributed by atoms with Crippen LogP contribution in [0.4, 0.5) is 5.69 Å². The summed E-state index contributed by atoms with van der Waals surface area (Å²) in [5.74, 6) is 0.909. The van der Waals surface area contributed by atoms with Gasteiger partial charge in [-0.2, -0.15) is 10.2 Å². The Morgan fingerprint density at radius 1 is 1.08 bits per heavy atom. The number of benzene rings is 1. The molecule has 132 valence electrons. The van der Waals surface area contributed by atoms with E-state index in [4.69, 9.17) is 0 Å². The molecule has 2 aromatic heterocycles. The molecule has 2 heterocycles. The Hall–Kier alpha value is -2.63. The number of hydrogen-bond acceptors (Lipinski definition) is 4. The smallest absolute Gasteiger partial charge is 0.146 e. The fourth-order valence-corrected chi connectivity index (χ4v) is 2.89. The minimum Gasteiger partial charge on any atom is -0.375 e. The van der Waals surface area contributed by atoms with Gasteiger partial charge in [-0.05, 0) is 58.7 Å². The van der Waals surface area contributed by atoms with E-state index >= 15 is 0 Å². The molecular formula is C19H26N6. The lowest BCUT2D eigenvalue weighted by molar-refractivity contribution is 0.343. The van der Waals surface area contributed by atoms with Crippen LogP contribution in [0.2, 0.25) is 0 Å². The maximum atomic E-state index is 4.57. The van der Waals surface area contributed by atoms with E-state index in [-0.39, 0.29) is 5.54 Å². The van der Waals surface area contributed by atoms with Gasteiger partial charge < -0.3 is 5.32 Å². The summed E-state index contributed by atoms with van der Waals surface area (Å²) in [4.78, 5) is 4.38. The molecule has 0 bridgehead atoms. The van der Waals surface area contributed by atoms with Crippen LogP contribution in [0.3, 0.4) is 0 Å². The van der Waals surface area contributed by atoms with Gasteiger partial charge in [0.2, 0.25) is 0 Å². The molecule has 6 nitrogen and oxygen atoms in total. The van der Waals surface area contributed by atoms with Gasteiger partial charge in [0.25, 0.3) is 0 Å². The second-order valence-corrected chi connectivity index (χ2v) is 7.46. The van der Waals surface area contributed by atoms with Crippen molar-refractivity contribution in [1.82, 2.24) is 24.5 Å². The summed E-state index contributed by atoms with van der Waals surface area (Å²) < 4.78 is 3.93. The Labute approximate surface area is 148 Å². The van der Waals surface area contributed by atoms with Crippen LogP contribution in [0.1, 0.15) is 43.4 Å². The first-order valence-electron chi connectivity index (χ1n) is 8.53. The van der Waals surface area contributed by atoms with E-state index in [0.29, 0.717) is 6.54 Å². The molecule has 0 saturated heterocycles. The van der Waals surface area contributed by atoms with Crippen LogP contribution < -0.4 is 5.32 Å². The van der Waals surface area contributed by atoms with Crippen LogP contribution >= 0.6 is 0 Å². The third-order valence-corrected chi connectivity index (χ3v) is 4.29. The van der Waals surface area contributed by atoms with Crippen LogP contribution in [0, 0.1) is 20.8 Å². The summed E-state index contributed by atoms with van der Waals surface area (Å²) in [5, 5.41) is 12.4. The highest BCUT2D eigenvalue weighted by atomic mass is 15.4. The summed E-state index contributed by atoms with van der Waals surface area (Å²) >= 11 is 0. The average molecular weight is 338 g/mol. The molecule has 0 aliphatic rings. The molecule has 0 radical (unpaired) electrons. The van der Waals surface area contributed by atoms with Crippen molar-refractivity contribution in [2.75, 3.05) is 5.32 Å². The van der Waals surface area contributed by atoms with Crippen molar-refractivity contribution in [3.8, 4) is 5.69 Å². The Morgan fingerprint density at radius 3 is 2.56 bits per heavy atom. The van der Waals surface area contributed by atoms with Crippen molar-refractivity contribution in [3.63, 3.8) is 0 Å². The van der Waals surface area contributed by atoms with E-state index in [9.17, 15) is 0 Å². The quantitative estimate of drug-likeness (QED) is 0.787. The molecule has 1 aromatic carbocycles. The van der Waals surface area contributed by atoms with Crippen LogP contribution in [0.5, 0.6) is 0 Å². The molecule has 0 atom stereocenters. The first kappa shape index (κ1) is 17.2. The number of nitrogens with zero attached hydrogens (tertiary/aromatic N) is 5. The molecule has 1 N–H and O–H groups in total. The molecule has 0 amide bonds. The van der Waals surface area contributed by atoms with E-state index in [1.807, 2.05) is 15.6 Å². The third kappa shape index (κ3) is 3.43. The van der Waals surface area contributed by atoms with E-state index in [1.54, 1.807) is 6.33 Å². The van der Waals surface area contributed by atoms with Crippen molar-refractivity contribution in [1.29, 1.82) is 0 Å². The molecule has 0 spiro atoms. The minimum absolute atomic E-state index is 0.0918. The van der Waals surface area contributed by atoms with Crippen LogP contribution in [-0.2, 0) is 12.1 Å². The number of hydrogen-bond donors (Lipinski definition) is 1. The normalized spacial score (nSPS) is 11.8. The summed E-state index contributed by atoms with van der Waals surface area (Å²) in [5.41, 5.74) is 5.54. The number of rotatable bonds is 4. The van der Waals surface area contributed by atoms with Gasteiger partial charge in [0.15, 0.2) is 0 Å². The summed E-state index contributed by atoms with van der Waals surface area (Å²) in [7, 11) is 0. The second-order valence-electron chi connectivity index (χ2n) is 7.46. The van der Waals surface area contributed by atoms with Gasteiger partial charge >= 0.3 is 0 Å². The van der Waals surface area contributed by atoms with E-state index in [0.717, 1.165) is 22.9 Å². The average Bonchev–Trinajstić information content (AvgIpc) is 3.14. The van der Waals surface area contributed by atoms with Crippen molar-refractivity contribution < 1.29 is 0 Å². The highest BCUT2D eigenvalue weighted by Crippen LogP contribution is 2.22. The summed E-state index contributed by atoms with van der Waals surface area (Å²) in [6.45, 7) is 13.2. The van der Waals surface area contributed by atoms with E-state index < -0.39 is 0 Å². The Bertz CT molecular complexity index is 882. The first-order valence-corrected chi connectivity index (χ1v) is 8.53. The molecule has 3 rings (SSSR count). The van der Waals surface area contributed by atoms with E-state index in [2.05, 4.69) is 80.2 Å². The van der Waals surface area contributed by atoms with Gasteiger partial charge in [-0.15, -0.1) is 0 Å². The number of nitrogens with one attached hydrogen (secondary N) is 1. The number of anilines is 1. The van der Waals surface area contributed by atoms with Crippen LogP contribution in [-0.4, -0.2) is 24.5 Å². The standard InChI is InChI=1S/C19H26N6/c1-13-7-8-14(2)17(9-13)24-15(3)16(10-22-24)20-11-18-21-12-23-25(18)19(4,5)6/h7-10,12,20H,11H2,1-6H3. The maximum absolute atomic E-state index is 4.57. The van der Waals surface area contributed by atoms with Crippen LogP contribution in [0.15, 0.2) is 30.7 Å². The Kier molecular flexibility index (Phi) is 4.37. The van der Waals surface area contributed by atoms with Gasteiger partial charge in [0.1, 0.15) is 12.2 Å². The predicted molar refractivity (Wildman–Crippen MR) is 100 cm³/mol. The summed E-state index contributed by atoms with van der Waals surface area (Å²) in [6.07, 6.45) is 3.48. The summed E-state index contributed by atoms with van der Waals surface area (Å²) in [6, 6.07) is 6.41. The fraction of sp³-hybridized carbons (Fsp3) is 0.421. The van der Waals surface area contributed by atoms with Gasteiger partial charge in [-0.25, -0.2) is 14.3 Å². The largest absolute Gasteiger partial charge is 0.375 e. The molecular weight excluding hydrogens is 312 g/mol. The van der Waals surface area contributed by atoms with Crippen molar-refractivity contribution in [2.24, 2.45) is 0 Å². The lowest BCUT2D eigenvalue weighted by atomic mass is 10.1. The zero-order valence-electron chi connectivity index (χ0n) is 15.8. The van der Waals surface area contributed by atoms with Gasteiger partial charge in [0, 0.05) is 0 Å². The maximum Gasteiger partial charge on any atom is 0.146 e. The molecule has 0 unspecified atom stereocenters. The predicted octanol–water partition coefficient (Wildman–Crippen LogP) is 3.76. The molecule has 3 aromatic rings. The van der Waals surface area contributed by atoms with Crippen molar-refractivity contribution in [3.05, 3.63) is 53.4 Å². The SMILES string of the molecule is Cc1ccc(C)c(-n2ncc(NCc3ncnn3C(C)(C)C)c2C)c1. The van der Waals surface area contributed by atoms with Gasteiger partial charge in [-0.3, -0.25) is 0 Å². The zero-order chi connectivity index (χ0) is 18.2. The fourth-order valence-electron chi connectivity index (χ4n) is 2.89. The Balaban J connectivity index is 1.83. The van der Waals surface area contributed by atoms with Crippen molar-refractivity contribution in [2.45, 2.75) is 53.6 Å². The van der Waals surface area contributed by atoms with E-state index in [1.165, 1.54) is 11.1 Å². The van der Waals surface area contributed by atoms with Gasteiger partial charge in [0.05, 0.1) is 35.3 Å².